The molecule has 4 aromatic carbocycles. The summed E-state index contributed by atoms with van der Waals surface area (Å²) in [6.45, 7) is 3.18. The van der Waals surface area contributed by atoms with Crippen LogP contribution >= 0.6 is 0 Å². The minimum atomic E-state index is -1.24. The van der Waals surface area contributed by atoms with Crippen molar-refractivity contribution in [1.29, 1.82) is 0 Å². The summed E-state index contributed by atoms with van der Waals surface area (Å²) in [6, 6.07) is 31.5. The average Bonchev–Trinajstić information content (AvgIpc) is 3.87. The molecule has 12 heteroatoms. The van der Waals surface area contributed by atoms with Crippen molar-refractivity contribution in [2.75, 3.05) is 13.1 Å². The van der Waals surface area contributed by atoms with E-state index in [4.69, 9.17) is 13.9 Å². The number of quaternary nitrogens is 1. The Bertz CT molecular complexity index is 1970. The Morgan fingerprint density at radius 1 is 0.857 bits per heavy atom. The molecule has 294 valence electrons. The van der Waals surface area contributed by atoms with Crippen molar-refractivity contribution in [1.82, 2.24) is 20.5 Å². The van der Waals surface area contributed by atoms with E-state index in [1.165, 1.54) is 4.90 Å². The topological polar surface area (TPSA) is 171 Å². The van der Waals surface area contributed by atoms with Gasteiger partial charge in [-0.25, -0.2) is 9.78 Å². The molecule has 5 aromatic rings. The SMILES string of the molecule is Cc1ccc(CO[C@@H]2C[C@@H](C(=O)N[C@@H](CCCC[NH3+])[C@H](O)c3nc4ccccc4o3)N(C(=O)[C@@H](CCc3ccccc3)NC(=O)OCc3ccccc3)C2)cc1. The Morgan fingerprint density at radius 2 is 1.54 bits per heavy atom. The number of alkyl carbamates (subject to hydrolysis) is 1. The second kappa shape index (κ2) is 19.9. The summed E-state index contributed by atoms with van der Waals surface area (Å²) in [5.41, 5.74) is 8.97. The number of benzene rings is 4. The van der Waals surface area contributed by atoms with E-state index in [0.717, 1.165) is 28.7 Å². The van der Waals surface area contributed by atoms with E-state index < -0.39 is 48.2 Å². The molecule has 0 spiro atoms. The van der Waals surface area contributed by atoms with Gasteiger partial charge in [-0.05, 0) is 67.9 Å². The number of likely N-dealkylation sites (tertiary alicyclic amines) is 1. The molecule has 0 saturated carbocycles. The number of hydrogen-bond acceptors (Lipinski definition) is 8. The van der Waals surface area contributed by atoms with Gasteiger partial charge in [-0.3, -0.25) is 9.59 Å². The lowest BCUT2D eigenvalue weighted by molar-refractivity contribution is -0.368. The summed E-state index contributed by atoms with van der Waals surface area (Å²) in [5, 5.41) is 17.4. The standard InChI is InChI=1S/C44H51N5O7/c1-30-19-21-33(22-20-30)28-54-34-26-38(41(51)46-36(17-10-11-25-45)40(50)42-47-35-16-8-9-18-39(35)56-42)49(27-34)43(52)37(24-23-31-12-4-2-5-13-31)48-44(53)55-29-32-14-6-3-7-15-32/h2-9,12-16,18-22,34,36-38,40,50H,10-11,17,23-29,45H2,1H3,(H,46,51)(H,48,53)/p+1/t34-,36+,37-,38+,40+/m1/s1. The molecular formula is C44H52N5O7+. The lowest BCUT2D eigenvalue weighted by atomic mass is 10.0. The molecule has 6 N–H and O–H groups in total. The van der Waals surface area contributed by atoms with Gasteiger partial charge >= 0.3 is 6.09 Å². The predicted octanol–water partition coefficient (Wildman–Crippen LogP) is 5.18. The monoisotopic (exact) mass is 762 g/mol. The quantitative estimate of drug-likeness (QED) is 0.0886. The summed E-state index contributed by atoms with van der Waals surface area (Å²) >= 11 is 0. The third kappa shape index (κ3) is 11.0. The van der Waals surface area contributed by atoms with E-state index in [-0.39, 0.29) is 31.9 Å². The molecular weight excluding hydrogens is 711 g/mol. The molecule has 1 aliphatic heterocycles. The van der Waals surface area contributed by atoms with Crippen LogP contribution in [0.5, 0.6) is 0 Å². The number of aliphatic hydroxyl groups excluding tert-OH is 1. The number of hydrogen-bond donors (Lipinski definition) is 4. The fraction of sp³-hybridized carbons (Fsp3) is 0.364. The van der Waals surface area contributed by atoms with E-state index in [2.05, 4.69) is 21.4 Å². The van der Waals surface area contributed by atoms with Crippen LogP contribution in [0.4, 0.5) is 4.79 Å². The van der Waals surface area contributed by atoms with Crippen LogP contribution in [-0.4, -0.2) is 70.2 Å². The van der Waals surface area contributed by atoms with Gasteiger partial charge in [0.1, 0.15) is 24.2 Å². The number of aryl methyl sites for hydroxylation is 2. The summed E-state index contributed by atoms with van der Waals surface area (Å²) in [7, 11) is 0. The largest absolute Gasteiger partial charge is 0.445 e. The van der Waals surface area contributed by atoms with Crippen molar-refractivity contribution in [2.24, 2.45) is 0 Å². The fourth-order valence-corrected chi connectivity index (χ4v) is 6.95. The summed E-state index contributed by atoms with van der Waals surface area (Å²) in [4.78, 5) is 48.2. The van der Waals surface area contributed by atoms with Crippen molar-refractivity contribution >= 4 is 29.0 Å². The highest BCUT2D eigenvalue weighted by molar-refractivity contribution is 5.92. The number of para-hydroxylation sites is 2. The molecule has 2 heterocycles. The van der Waals surface area contributed by atoms with Crippen molar-refractivity contribution in [3.63, 3.8) is 0 Å². The average molecular weight is 763 g/mol. The number of carbonyl (C=O) groups is 3. The van der Waals surface area contributed by atoms with Gasteiger partial charge in [-0.1, -0.05) is 103 Å². The number of fused-ring (bicyclic) bond motifs is 1. The molecule has 1 aromatic heterocycles. The number of nitrogens with zero attached hydrogens (tertiary/aromatic N) is 2. The first-order chi connectivity index (χ1) is 27.3. The van der Waals surface area contributed by atoms with E-state index >= 15 is 0 Å². The molecule has 1 saturated heterocycles. The van der Waals surface area contributed by atoms with Gasteiger partial charge in [0.25, 0.3) is 0 Å². The van der Waals surface area contributed by atoms with Crippen molar-refractivity contribution in [3.05, 3.63) is 137 Å². The summed E-state index contributed by atoms with van der Waals surface area (Å²) in [5.74, 6) is -0.765. The van der Waals surface area contributed by atoms with E-state index in [9.17, 15) is 19.5 Å². The third-order valence-corrected chi connectivity index (χ3v) is 10.1. The maximum Gasteiger partial charge on any atom is 0.408 e. The molecule has 12 nitrogen and oxygen atoms in total. The Balaban J connectivity index is 1.23. The number of carbonyl (C=O) groups excluding carboxylic acids is 3. The minimum absolute atomic E-state index is 0.0356. The lowest BCUT2D eigenvalue weighted by Crippen LogP contribution is -2.55. The molecule has 0 aliphatic carbocycles. The first-order valence-corrected chi connectivity index (χ1v) is 19.4. The van der Waals surface area contributed by atoms with Gasteiger partial charge in [0.05, 0.1) is 25.3 Å². The molecule has 6 rings (SSSR count). The second-order valence-electron chi connectivity index (χ2n) is 14.4. The van der Waals surface area contributed by atoms with Gasteiger partial charge in [0.15, 0.2) is 11.7 Å². The van der Waals surface area contributed by atoms with Gasteiger partial charge in [0.2, 0.25) is 17.7 Å². The highest BCUT2D eigenvalue weighted by Crippen LogP contribution is 2.28. The van der Waals surface area contributed by atoms with Crippen LogP contribution < -0.4 is 16.4 Å². The number of nitrogens with one attached hydrogen (secondary N) is 2. The summed E-state index contributed by atoms with van der Waals surface area (Å²) < 4.78 is 17.8. The first-order valence-electron chi connectivity index (χ1n) is 19.4. The Labute approximate surface area is 327 Å². The number of oxazole rings is 1. The maximum atomic E-state index is 14.6. The van der Waals surface area contributed by atoms with E-state index in [1.54, 1.807) is 12.1 Å². The van der Waals surface area contributed by atoms with Gasteiger partial charge < -0.3 is 40.3 Å². The van der Waals surface area contributed by atoms with Crippen molar-refractivity contribution in [3.8, 4) is 0 Å². The maximum absolute atomic E-state index is 14.6. The van der Waals surface area contributed by atoms with Crippen LogP contribution in [0.1, 0.15) is 66.4 Å². The predicted molar refractivity (Wildman–Crippen MR) is 211 cm³/mol. The minimum Gasteiger partial charge on any atom is -0.445 e. The zero-order chi connectivity index (χ0) is 39.3. The van der Waals surface area contributed by atoms with Crippen LogP contribution in [0, 0.1) is 6.92 Å². The smallest absolute Gasteiger partial charge is 0.408 e. The Kier molecular flexibility index (Phi) is 14.2. The number of unbranched alkanes of at least 4 members (excludes halogenated alkanes) is 1. The molecule has 5 atom stereocenters. The molecule has 3 amide bonds. The van der Waals surface area contributed by atoms with Crippen LogP contribution in [0.3, 0.4) is 0 Å². The Morgan fingerprint density at radius 3 is 2.25 bits per heavy atom. The highest BCUT2D eigenvalue weighted by atomic mass is 16.5. The molecule has 0 unspecified atom stereocenters. The van der Waals surface area contributed by atoms with Crippen LogP contribution in [0.25, 0.3) is 11.1 Å². The molecule has 1 fully saturated rings. The van der Waals surface area contributed by atoms with E-state index in [0.29, 0.717) is 43.5 Å². The van der Waals surface area contributed by atoms with Gasteiger partial charge in [0, 0.05) is 13.0 Å². The lowest BCUT2D eigenvalue weighted by Gasteiger charge is -2.30. The van der Waals surface area contributed by atoms with Crippen LogP contribution in [-0.2, 0) is 38.7 Å². The van der Waals surface area contributed by atoms with Gasteiger partial charge in [-0.15, -0.1) is 0 Å². The van der Waals surface area contributed by atoms with Crippen molar-refractivity contribution < 1.29 is 39.1 Å². The normalized spacial score (nSPS) is 16.9. The third-order valence-electron chi connectivity index (χ3n) is 10.1. The number of rotatable bonds is 18. The fourth-order valence-electron chi connectivity index (χ4n) is 6.95. The van der Waals surface area contributed by atoms with Crippen molar-refractivity contribution in [2.45, 2.75) is 89.0 Å². The Hall–Kier alpha value is -5.56. The van der Waals surface area contributed by atoms with Crippen LogP contribution in [0.15, 0.2) is 114 Å². The number of ether oxygens (including phenoxy) is 2. The first kappa shape index (κ1) is 40.1. The molecule has 0 bridgehead atoms. The second-order valence-corrected chi connectivity index (χ2v) is 14.4. The zero-order valence-corrected chi connectivity index (χ0v) is 31.8. The number of amides is 3. The molecule has 56 heavy (non-hydrogen) atoms. The number of aromatic nitrogens is 1. The number of aliphatic hydroxyl groups is 1. The highest BCUT2D eigenvalue weighted by Gasteiger charge is 2.43. The molecule has 0 radical (unpaired) electrons. The van der Waals surface area contributed by atoms with E-state index in [1.807, 2.05) is 104 Å². The van der Waals surface area contributed by atoms with Gasteiger partial charge in [-0.2, -0.15) is 0 Å². The molecule has 1 aliphatic rings. The summed E-state index contributed by atoms with van der Waals surface area (Å²) in [6.07, 6.45) is 0.466. The zero-order valence-electron chi connectivity index (χ0n) is 31.8. The van der Waals surface area contributed by atoms with Crippen LogP contribution in [0.2, 0.25) is 0 Å².